The molecule has 1 amide bonds. The Bertz CT molecular complexity index is 1420. The van der Waals surface area contributed by atoms with Gasteiger partial charge in [-0.3, -0.25) is 14.4 Å². The Kier molecular flexibility index (Phi) is 11.7. The van der Waals surface area contributed by atoms with Gasteiger partial charge in [0.2, 0.25) is 5.28 Å². The number of rotatable bonds is 15. The van der Waals surface area contributed by atoms with Gasteiger partial charge in [-0.1, -0.05) is 26.7 Å². The summed E-state index contributed by atoms with van der Waals surface area (Å²) in [6.07, 6.45) is 0.0428. The number of carboxylic acid groups (broad SMARTS) is 1. The van der Waals surface area contributed by atoms with Gasteiger partial charge in [0, 0.05) is 0 Å². The average molecular weight is 692 g/mol. The molecule has 0 aliphatic carbocycles. The number of nitrogens with one attached hydrogen (secondary N) is 1. The third-order valence-electron chi connectivity index (χ3n) is 6.87. The number of carbonyl (C=O) groups excluding carboxylic acids is 1. The van der Waals surface area contributed by atoms with E-state index in [2.05, 4.69) is 20.3 Å². The highest BCUT2D eigenvalue weighted by Gasteiger charge is 2.57. The van der Waals surface area contributed by atoms with Crippen molar-refractivity contribution in [3.63, 3.8) is 0 Å². The van der Waals surface area contributed by atoms with Crippen molar-refractivity contribution in [3.05, 3.63) is 11.6 Å². The van der Waals surface area contributed by atoms with Gasteiger partial charge in [-0.25, -0.2) is 14.6 Å². The molecule has 1 unspecified atom stereocenters. The van der Waals surface area contributed by atoms with E-state index in [0.717, 1.165) is 12.8 Å². The van der Waals surface area contributed by atoms with Gasteiger partial charge in [-0.15, -0.1) is 0 Å². The number of unbranched alkanes of at least 4 members (excludes halogenated alkanes) is 2. The third kappa shape index (κ3) is 8.72. The number of hydrogen-bond donors (Lipinski definition) is 2. The van der Waals surface area contributed by atoms with Gasteiger partial charge in [-0.2, -0.15) is 9.97 Å². The van der Waals surface area contributed by atoms with E-state index in [1.807, 2.05) is 13.8 Å². The van der Waals surface area contributed by atoms with E-state index in [0.29, 0.717) is 12.8 Å². The van der Waals surface area contributed by atoms with Crippen molar-refractivity contribution >= 4 is 48.2 Å². The number of hydrogen-bond acceptors (Lipinski definition) is 13. The number of aromatic nitrogens is 4. The van der Waals surface area contributed by atoms with Gasteiger partial charge in [0.15, 0.2) is 29.0 Å². The molecule has 2 aromatic heterocycles. The van der Waals surface area contributed by atoms with Crippen LogP contribution in [0.5, 0.6) is 0 Å². The molecule has 5 atom stereocenters. The molecule has 2 N–H and O–H groups in total. The molecule has 2 fully saturated rings. The van der Waals surface area contributed by atoms with Crippen molar-refractivity contribution in [2.45, 2.75) is 116 Å². The van der Waals surface area contributed by atoms with Crippen molar-refractivity contribution in [1.29, 1.82) is 0 Å². The zero-order valence-electron chi connectivity index (χ0n) is 27.1. The Balaban J connectivity index is 1.59. The second kappa shape index (κ2) is 14.8. The predicted molar refractivity (Wildman–Crippen MR) is 165 cm³/mol. The SMILES string of the molecule is CCCCOP(=O)(OCCCC)C(OC[C@H]1O[C@@H](n2cnc3c(NC(=O)OC(C)(C)C)nc(Cl)nc32)[C@@H]2OC(C)(C)O[C@@H]21)C(=O)O. The summed E-state index contributed by atoms with van der Waals surface area (Å²) in [4.78, 5) is 37.6. The summed E-state index contributed by atoms with van der Waals surface area (Å²) >= 11 is 6.23. The molecular formula is C28H43ClN5O11P. The minimum Gasteiger partial charge on any atom is -0.479 e. The maximum atomic E-state index is 13.7. The first-order valence-electron chi connectivity index (χ1n) is 15.2. The topological polar surface area (TPSA) is 192 Å². The van der Waals surface area contributed by atoms with Gasteiger partial charge in [0.1, 0.15) is 23.9 Å². The summed E-state index contributed by atoms with van der Waals surface area (Å²) in [5.74, 6) is -4.41. The van der Waals surface area contributed by atoms with Crippen molar-refractivity contribution in [3.8, 4) is 0 Å². The molecule has 2 aromatic rings. The average Bonchev–Trinajstić information content (AvgIpc) is 3.58. The third-order valence-corrected chi connectivity index (χ3v) is 9.07. The van der Waals surface area contributed by atoms with E-state index in [-0.39, 0.29) is 42.1 Å². The highest BCUT2D eigenvalue weighted by atomic mass is 35.5. The molecule has 0 aromatic carbocycles. The van der Waals surface area contributed by atoms with Gasteiger partial charge in [0.05, 0.1) is 26.1 Å². The molecule has 0 radical (unpaired) electrons. The number of ether oxygens (including phenoxy) is 5. The maximum absolute atomic E-state index is 13.7. The van der Waals surface area contributed by atoms with Crippen molar-refractivity contribution in [2.75, 3.05) is 25.1 Å². The highest BCUT2D eigenvalue weighted by molar-refractivity contribution is 7.55. The number of fused-ring (bicyclic) bond motifs is 2. The normalized spacial score (nSPS) is 23.4. The lowest BCUT2D eigenvalue weighted by Crippen LogP contribution is -2.36. The molecule has 0 bridgehead atoms. The van der Waals surface area contributed by atoms with E-state index in [9.17, 15) is 19.3 Å². The molecule has 2 aliphatic heterocycles. The van der Waals surface area contributed by atoms with E-state index in [4.69, 9.17) is 44.3 Å². The van der Waals surface area contributed by atoms with Crippen LogP contribution in [0.4, 0.5) is 10.6 Å². The largest absolute Gasteiger partial charge is 0.479 e. The van der Waals surface area contributed by atoms with Crippen LogP contribution in [-0.2, 0) is 42.1 Å². The summed E-state index contributed by atoms with van der Waals surface area (Å²) in [6.45, 7) is 12.2. The zero-order valence-corrected chi connectivity index (χ0v) is 28.7. The van der Waals surface area contributed by atoms with Crippen LogP contribution < -0.4 is 5.32 Å². The van der Waals surface area contributed by atoms with E-state index >= 15 is 0 Å². The Morgan fingerprint density at radius 1 is 1.13 bits per heavy atom. The molecule has 258 valence electrons. The summed E-state index contributed by atoms with van der Waals surface area (Å²) in [5.41, 5.74) is -0.341. The first-order valence-corrected chi connectivity index (χ1v) is 17.2. The Hall–Kier alpha value is -2.43. The van der Waals surface area contributed by atoms with Gasteiger partial charge < -0.3 is 37.8 Å². The van der Waals surface area contributed by atoms with Crippen molar-refractivity contribution in [2.24, 2.45) is 0 Å². The molecule has 18 heteroatoms. The second-order valence-corrected chi connectivity index (χ2v) is 14.8. The summed E-state index contributed by atoms with van der Waals surface area (Å²) < 4.78 is 56.1. The lowest BCUT2D eigenvalue weighted by Gasteiger charge is -2.27. The Labute approximate surface area is 272 Å². The van der Waals surface area contributed by atoms with E-state index in [1.54, 1.807) is 39.2 Å². The van der Waals surface area contributed by atoms with Crippen LogP contribution in [0.15, 0.2) is 6.33 Å². The molecule has 0 spiro atoms. The quantitative estimate of drug-likeness (QED) is 0.135. The monoisotopic (exact) mass is 691 g/mol. The number of nitrogens with zero attached hydrogens (tertiary/aromatic N) is 4. The van der Waals surface area contributed by atoms with Crippen LogP contribution in [-0.4, -0.2) is 92.1 Å². The van der Waals surface area contributed by atoms with Crippen LogP contribution in [0.2, 0.25) is 5.28 Å². The molecule has 16 nitrogen and oxygen atoms in total. The fourth-order valence-electron chi connectivity index (χ4n) is 4.91. The number of carboxylic acids is 1. The molecule has 2 aliphatic rings. The number of halogens is 1. The number of anilines is 1. The van der Waals surface area contributed by atoms with Gasteiger partial charge in [0.25, 0.3) is 5.85 Å². The van der Waals surface area contributed by atoms with Crippen LogP contribution in [0.3, 0.4) is 0 Å². The molecule has 4 rings (SSSR count). The van der Waals surface area contributed by atoms with E-state index < -0.39 is 61.4 Å². The predicted octanol–water partition coefficient (Wildman–Crippen LogP) is 5.50. The van der Waals surface area contributed by atoms with Crippen LogP contribution in [0.25, 0.3) is 11.2 Å². The standard InChI is InChI=1S/C28H43ClN5O11P/c1-8-10-12-40-46(38,41-13-11-9-2)24(23(35)36)39-14-16-18-19(44-28(6,7)43-18)22(42-16)34-15-30-17-20(31-25(29)33-21(17)34)32-26(37)45-27(3,4)5/h15-16,18-19,22,24H,8-14H2,1-7H3,(H,35,36)(H,31,32,33,37)/t16-,18-,19-,22-,24?/m1/s1. The highest BCUT2D eigenvalue weighted by Crippen LogP contribution is 2.54. The fourth-order valence-corrected chi connectivity index (χ4v) is 6.73. The number of imidazole rings is 1. The smallest absolute Gasteiger partial charge is 0.413 e. The maximum Gasteiger partial charge on any atom is 0.413 e. The molecular weight excluding hydrogens is 649 g/mol. The van der Waals surface area contributed by atoms with Crippen LogP contribution in [0, 0.1) is 0 Å². The summed E-state index contributed by atoms with van der Waals surface area (Å²) in [7, 11) is -4.23. The molecule has 46 heavy (non-hydrogen) atoms. The summed E-state index contributed by atoms with van der Waals surface area (Å²) in [6, 6.07) is 0. The first-order chi connectivity index (χ1) is 21.6. The number of amides is 1. The molecule has 4 heterocycles. The van der Waals surface area contributed by atoms with Crippen molar-refractivity contribution < 1.29 is 52.0 Å². The van der Waals surface area contributed by atoms with Crippen LogP contribution in [0.1, 0.15) is 80.4 Å². The lowest BCUT2D eigenvalue weighted by molar-refractivity contribution is -0.203. The second-order valence-electron chi connectivity index (χ2n) is 12.4. The van der Waals surface area contributed by atoms with E-state index in [1.165, 1.54) is 6.33 Å². The lowest BCUT2D eigenvalue weighted by atomic mass is 10.1. The van der Waals surface area contributed by atoms with Gasteiger partial charge in [-0.05, 0) is 59.1 Å². The number of aliphatic carboxylic acids is 1. The zero-order chi connectivity index (χ0) is 33.9. The molecule has 0 saturated carbocycles. The minimum atomic E-state index is -4.23. The van der Waals surface area contributed by atoms with Gasteiger partial charge >= 0.3 is 19.7 Å². The Morgan fingerprint density at radius 2 is 1.76 bits per heavy atom. The van der Waals surface area contributed by atoms with Crippen molar-refractivity contribution in [1.82, 2.24) is 19.5 Å². The number of carbonyl (C=O) groups is 2. The minimum absolute atomic E-state index is 0.0209. The van der Waals surface area contributed by atoms with Crippen LogP contribution >= 0.6 is 19.2 Å². The molecule has 2 saturated heterocycles. The Morgan fingerprint density at radius 3 is 2.35 bits per heavy atom. The first kappa shape index (κ1) is 36.4. The fraction of sp³-hybridized carbons (Fsp3) is 0.750. The summed E-state index contributed by atoms with van der Waals surface area (Å²) in [5, 5.41) is 12.4.